The second-order valence-corrected chi connectivity index (χ2v) is 8.00. The molecule has 0 saturated heterocycles. The monoisotopic (exact) mass is 321 g/mol. The lowest BCUT2D eigenvalue weighted by Crippen LogP contribution is -2.24. The smallest absolute Gasteiger partial charge is 0.186 e. The van der Waals surface area contributed by atoms with Crippen LogP contribution >= 0.6 is 22.7 Å². The van der Waals surface area contributed by atoms with E-state index in [0.29, 0.717) is 12.0 Å². The Morgan fingerprint density at radius 2 is 2.29 bits per heavy atom. The zero-order chi connectivity index (χ0) is 14.7. The molecular weight excluding hydrogens is 298 g/mol. The molecule has 0 unspecified atom stereocenters. The summed E-state index contributed by atoms with van der Waals surface area (Å²) >= 11 is 3.61. The number of thiazole rings is 1. The lowest BCUT2D eigenvalue weighted by atomic mass is 10.2. The molecular formula is C16H23N3S2. The van der Waals surface area contributed by atoms with Gasteiger partial charge in [-0.2, -0.15) is 11.3 Å². The highest BCUT2D eigenvalue weighted by Crippen LogP contribution is 2.35. The topological polar surface area (TPSA) is 28.2 Å². The molecule has 1 saturated carbocycles. The highest BCUT2D eigenvalue weighted by atomic mass is 32.1. The van der Waals surface area contributed by atoms with Gasteiger partial charge >= 0.3 is 0 Å². The second-order valence-electron chi connectivity index (χ2n) is 6.12. The quantitative estimate of drug-likeness (QED) is 0.793. The first kappa shape index (κ1) is 15.0. The van der Waals surface area contributed by atoms with Gasteiger partial charge in [0.15, 0.2) is 5.13 Å². The zero-order valence-electron chi connectivity index (χ0n) is 12.7. The first-order valence-electron chi connectivity index (χ1n) is 7.65. The standard InChI is InChI=1S/C16H23N3S2/c1-12(2)7-17-8-15-9-18-16(21-15)19(14-3-4-14)10-13-5-6-20-11-13/h5-6,9,11-12,14,17H,3-4,7-8,10H2,1-2H3. The van der Waals surface area contributed by atoms with Crippen molar-refractivity contribution in [3.63, 3.8) is 0 Å². The number of anilines is 1. The third-order valence-corrected chi connectivity index (χ3v) is 5.33. The van der Waals surface area contributed by atoms with Crippen LogP contribution in [0.25, 0.3) is 0 Å². The molecule has 0 radical (unpaired) electrons. The van der Waals surface area contributed by atoms with Crippen molar-refractivity contribution in [2.75, 3.05) is 11.4 Å². The molecule has 1 N–H and O–H groups in total. The maximum absolute atomic E-state index is 4.66. The predicted octanol–water partition coefficient (Wildman–Crippen LogP) is 4.12. The molecule has 0 spiro atoms. The van der Waals surface area contributed by atoms with Crippen molar-refractivity contribution in [1.29, 1.82) is 0 Å². The molecule has 114 valence electrons. The minimum atomic E-state index is 0.693. The summed E-state index contributed by atoms with van der Waals surface area (Å²) in [6.07, 6.45) is 4.66. The molecule has 1 fully saturated rings. The van der Waals surface area contributed by atoms with Crippen molar-refractivity contribution < 1.29 is 0 Å². The first-order chi connectivity index (χ1) is 10.2. The van der Waals surface area contributed by atoms with Crippen LogP contribution in [-0.2, 0) is 13.1 Å². The van der Waals surface area contributed by atoms with Gasteiger partial charge in [-0.25, -0.2) is 4.98 Å². The van der Waals surface area contributed by atoms with Crippen molar-refractivity contribution in [3.8, 4) is 0 Å². The Balaban J connectivity index is 1.62. The van der Waals surface area contributed by atoms with Crippen molar-refractivity contribution in [2.24, 2.45) is 5.92 Å². The van der Waals surface area contributed by atoms with E-state index in [4.69, 9.17) is 0 Å². The molecule has 2 aromatic heterocycles. The Bertz CT molecular complexity index is 544. The fraction of sp³-hybridized carbons (Fsp3) is 0.562. The summed E-state index contributed by atoms with van der Waals surface area (Å²) in [4.78, 5) is 8.48. The van der Waals surface area contributed by atoms with Gasteiger partial charge in [-0.3, -0.25) is 0 Å². The maximum Gasteiger partial charge on any atom is 0.186 e. The maximum atomic E-state index is 4.66. The summed E-state index contributed by atoms with van der Waals surface area (Å²) in [6.45, 7) is 7.48. The normalized spacial score (nSPS) is 14.8. The second kappa shape index (κ2) is 6.90. The summed E-state index contributed by atoms with van der Waals surface area (Å²) < 4.78 is 0. The van der Waals surface area contributed by atoms with Crippen LogP contribution in [0.1, 0.15) is 37.1 Å². The molecule has 1 aliphatic carbocycles. The summed E-state index contributed by atoms with van der Waals surface area (Å²) in [5.41, 5.74) is 1.40. The van der Waals surface area contributed by atoms with E-state index in [1.807, 2.05) is 17.5 Å². The SMILES string of the molecule is CC(C)CNCc1cnc(N(Cc2ccsc2)C2CC2)s1. The molecule has 0 amide bonds. The zero-order valence-corrected chi connectivity index (χ0v) is 14.3. The molecule has 1 aliphatic rings. The average Bonchev–Trinajstić information content (AvgIpc) is 2.97. The predicted molar refractivity (Wildman–Crippen MR) is 92.2 cm³/mol. The lowest BCUT2D eigenvalue weighted by Gasteiger charge is -2.20. The first-order valence-corrected chi connectivity index (χ1v) is 9.41. The van der Waals surface area contributed by atoms with Crippen LogP contribution in [0.5, 0.6) is 0 Å². The minimum Gasteiger partial charge on any atom is -0.341 e. The van der Waals surface area contributed by atoms with Crippen LogP contribution in [0.15, 0.2) is 23.0 Å². The number of thiophene rings is 1. The van der Waals surface area contributed by atoms with Crippen LogP contribution < -0.4 is 10.2 Å². The average molecular weight is 322 g/mol. The van der Waals surface area contributed by atoms with Gasteiger partial charge in [-0.15, -0.1) is 11.3 Å². The summed E-state index contributed by atoms with van der Waals surface area (Å²) in [6, 6.07) is 2.92. The summed E-state index contributed by atoms with van der Waals surface area (Å²) in [7, 11) is 0. The van der Waals surface area contributed by atoms with E-state index in [1.165, 1.54) is 28.4 Å². The van der Waals surface area contributed by atoms with Gasteiger partial charge in [0.1, 0.15) is 0 Å². The van der Waals surface area contributed by atoms with Gasteiger partial charge in [-0.05, 0) is 47.7 Å². The number of aromatic nitrogens is 1. The summed E-state index contributed by atoms with van der Waals surface area (Å²) in [5.74, 6) is 0.693. The molecule has 21 heavy (non-hydrogen) atoms. The van der Waals surface area contributed by atoms with Crippen molar-refractivity contribution in [3.05, 3.63) is 33.5 Å². The molecule has 2 aromatic rings. The number of hydrogen-bond acceptors (Lipinski definition) is 5. The molecule has 3 nitrogen and oxygen atoms in total. The van der Waals surface area contributed by atoms with Gasteiger partial charge in [0.05, 0.1) is 0 Å². The third kappa shape index (κ3) is 4.28. The Morgan fingerprint density at radius 3 is 2.95 bits per heavy atom. The largest absolute Gasteiger partial charge is 0.341 e. The van der Waals surface area contributed by atoms with E-state index in [-0.39, 0.29) is 0 Å². The van der Waals surface area contributed by atoms with E-state index < -0.39 is 0 Å². The highest BCUT2D eigenvalue weighted by molar-refractivity contribution is 7.15. The van der Waals surface area contributed by atoms with Gasteiger partial charge in [0, 0.05) is 30.2 Å². The third-order valence-electron chi connectivity index (χ3n) is 3.56. The number of nitrogens with zero attached hydrogens (tertiary/aromatic N) is 2. The summed E-state index contributed by atoms with van der Waals surface area (Å²) in [5, 5.41) is 9.08. The van der Waals surface area contributed by atoms with Crippen LogP contribution in [0.2, 0.25) is 0 Å². The fourth-order valence-electron chi connectivity index (χ4n) is 2.31. The Morgan fingerprint density at radius 1 is 1.43 bits per heavy atom. The number of hydrogen-bond donors (Lipinski definition) is 1. The molecule has 0 aliphatic heterocycles. The van der Waals surface area contributed by atoms with Crippen molar-refractivity contribution >= 4 is 27.8 Å². The van der Waals surface area contributed by atoms with E-state index >= 15 is 0 Å². The number of nitrogens with one attached hydrogen (secondary N) is 1. The van der Waals surface area contributed by atoms with Crippen molar-refractivity contribution in [2.45, 2.75) is 45.8 Å². The van der Waals surface area contributed by atoms with Gasteiger partial charge in [-0.1, -0.05) is 13.8 Å². The van der Waals surface area contributed by atoms with E-state index in [0.717, 1.165) is 19.6 Å². The Hall–Kier alpha value is -0.910. The van der Waals surface area contributed by atoms with Crippen LogP contribution in [0, 0.1) is 5.92 Å². The number of rotatable bonds is 8. The van der Waals surface area contributed by atoms with Gasteiger partial charge in [0.2, 0.25) is 0 Å². The van der Waals surface area contributed by atoms with Gasteiger partial charge < -0.3 is 10.2 Å². The van der Waals surface area contributed by atoms with Gasteiger partial charge in [0.25, 0.3) is 0 Å². The van der Waals surface area contributed by atoms with E-state index in [1.54, 1.807) is 11.3 Å². The molecule has 0 bridgehead atoms. The highest BCUT2D eigenvalue weighted by Gasteiger charge is 2.31. The van der Waals surface area contributed by atoms with Crippen molar-refractivity contribution in [1.82, 2.24) is 10.3 Å². The molecule has 0 atom stereocenters. The molecule has 3 rings (SSSR count). The van der Waals surface area contributed by atoms with Crippen LogP contribution in [-0.4, -0.2) is 17.6 Å². The Kier molecular flexibility index (Phi) is 4.93. The molecule has 2 heterocycles. The van der Waals surface area contributed by atoms with E-state index in [2.05, 4.69) is 45.9 Å². The Labute approximate surface area is 135 Å². The van der Waals surface area contributed by atoms with E-state index in [9.17, 15) is 0 Å². The van der Waals surface area contributed by atoms with Crippen LogP contribution in [0.4, 0.5) is 5.13 Å². The fourth-order valence-corrected chi connectivity index (χ4v) is 3.92. The van der Waals surface area contributed by atoms with Crippen LogP contribution in [0.3, 0.4) is 0 Å². The lowest BCUT2D eigenvalue weighted by molar-refractivity contribution is 0.554. The minimum absolute atomic E-state index is 0.693. The molecule has 0 aromatic carbocycles. The molecule has 5 heteroatoms.